The van der Waals surface area contributed by atoms with Crippen LogP contribution in [0.2, 0.25) is 0 Å². The maximum absolute atomic E-state index is 5.67. The molecule has 1 atom stereocenters. The lowest BCUT2D eigenvalue weighted by Crippen LogP contribution is -2.39. The van der Waals surface area contributed by atoms with Gasteiger partial charge >= 0.3 is 0 Å². The predicted molar refractivity (Wildman–Crippen MR) is 37.1 cm³/mol. The van der Waals surface area contributed by atoms with E-state index in [-0.39, 0.29) is 5.54 Å². The second-order valence-electron chi connectivity index (χ2n) is 2.17. The molecule has 0 aromatic heterocycles. The topological polar surface area (TPSA) is 21.3 Å². The molecule has 1 unspecified atom stereocenters. The minimum atomic E-state index is -0.110. The van der Waals surface area contributed by atoms with Crippen molar-refractivity contribution in [2.75, 3.05) is 5.88 Å². The van der Waals surface area contributed by atoms with Crippen LogP contribution in [0.25, 0.3) is 0 Å². The second-order valence-corrected chi connectivity index (χ2v) is 2.43. The van der Waals surface area contributed by atoms with Crippen LogP contribution in [0.5, 0.6) is 0 Å². The Labute approximate surface area is 59.8 Å². The highest BCUT2D eigenvalue weighted by atomic mass is 35.5. The molecule has 1 rings (SSSR count). The normalized spacial score (nSPS) is 32.7. The van der Waals surface area contributed by atoms with Crippen LogP contribution in [-0.4, -0.2) is 11.4 Å². The third-order valence-electron chi connectivity index (χ3n) is 1.59. The molecule has 1 N–H and O–H groups in total. The second kappa shape index (κ2) is 2.58. The summed E-state index contributed by atoms with van der Waals surface area (Å²) in [6, 6.07) is 0. The molecule has 1 aliphatic heterocycles. The molecule has 0 saturated carbocycles. The minimum absolute atomic E-state index is 0.110. The highest BCUT2D eigenvalue weighted by Crippen LogP contribution is 2.18. The molecule has 0 amide bonds. The molecule has 0 aliphatic carbocycles. The van der Waals surface area contributed by atoms with E-state index in [0.29, 0.717) is 5.88 Å². The van der Waals surface area contributed by atoms with E-state index in [9.17, 15) is 0 Å². The van der Waals surface area contributed by atoms with Crippen LogP contribution in [0.4, 0.5) is 0 Å². The molecule has 0 bridgehead atoms. The molecule has 3 heteroatoms. The first kappa shape index (κ1) is 6.90. The lowest BCUT2D eigenvalue weighted by Gasteiger charge is -2.20. The molecule has 0 fully saturated rings. The molecule has 0 aromatic carbocycles. The maximum atomic E-state index is 5.67. The van der Waals surface area contributed by atoms with Crippen molar-refractivity contribution in [3.8, 4) is 0 Å². The summed E-state index contributed by atoms with van der Waals surface area (Å²) in [6.07, 6.45) is 4.53. The Bertz CT molecular complexity index is 120. The number of hydrogen-bond acceptors (Lipinski definition) is 2. The summed E-state index contributed by atoms with van der Waals surface area (Å²) in [7, 11) is 0. The molecule has 0 aromatic rings. The summed E-state index contributed by atoms with van der Waals surface area (Å²) in [6.45, 7) is 2.06. The Morgan fingerprint density at radius 3 is 2.78 bits per heavy atom. The number of rotatable bonds is 2. The third-order valence-corrected chi connectivity index (χ3v) is 2.06. The largest absolute Gasteiger partial charge is 0.416 e. The molecule has 9 heavy (non-hydrogen) atoms. The van der Waals surface area contributed by atoms with Gasteiger partial charge in [0.2, 0.25) is 0 Å². The van der Waals surface area contributed by atoms with E-state index in [4.69, 9.17) is 16.4 Å². The number of hydroxylamine groups is 1. The SMILES string of the molecule is CCC1(CCl)C=CON1. The smallest absolute Gasteiger partial charge is 0.109 e. The van der Waals surface area contributed by atoms with Gasteiger partial charge in [-0.2, -0.15) is 0 Å². The molecular weight excluding hydrogens is 138 g/mol. The summed E-state index contributed by atoms with van der Waals surface area (Å²) in [5.41, 5.74) is 2.72. The van der Waals surface area contributed by atoms with E-state index in [1.165, 1.54) is 0 Å². The Morgan fingerprint density at radius 1 is 1.78 bits per heavy atom. The molecule has 0 radical (unpaired) electrons. The number of halogens is 1. The van der Waals surface area contributed by atoms with Gasteiger partial charge in [0.1, 0.15) is 6.26 Å². The first-order chi connectivity index (χ1) is 4.33. The van der Waals surface area contributed by atoms with Gasteiger partial charge in [-0.15, -0.1) is 17.1 Å². The fourth-order valence-electron chi connectivity index (χ4n) is 0.706. The van der Waals surface area contributed by atoms with Gasteiger partial charge in [0, 0.05) is 5.88 Å². The van der Waals surface area contributed by atoms with Crippen LogP contribution >= 0.6 is 11.6 Å². The van der Waals surface area contributed by atoms with Gasteiger partial charge in [0.05, 0.1) is 5.54 Å². The van der Waals surface area contributed by atoms with Crippen molar-refractivity contribution < 1.29 is 4.84 Å². The van der Waals surface area contributed by atoms with Crippen LogP contribution in [0, 0.1) is 0 Å². The van der Waals surface area contributed by atoms with E-state index in [2.05, 4.69) is 12.4 Å². The number of alkyl halides is 1. The summed E-state index contributed by atoms with van der Waals surface area (Å²) >= 11 is 5.67. The highest BCUT2D eigenvalue weighted by Gasteiger charge is 2.27. The summed E-state index contributed by atoms with van der Waals surface area (Å²) in [5.74, 6) is 0.556. The Morgan fingerprint density at radius 2 is 2.56 bits per heavy atom. The molecule has 1 aliphatic rings. The maximum Gasteiger partial charge on any atom is 0.109 e. The van der Waals surface area contributed by atoms with Gasteiger partial charge < -0.3 is 4.84 Å². The third kappa shape index (κ3) is 1.19. The molecule has 0 saturated heterocycles. The zero-order valence-corrected chi connectivity index (χ0v) is 6.11. The molecule has 0 spiro atoms. The van der Waals surface area contributed by atoms with Crippen molar-refractivity contribution >= 4 is 11.6 Å². The molecule has 2 nitrogen and oxygen atoms in total. The van der Waals surface area contributed by atoms with Gasteiger partial charge in [-0.1, -0.05) is 6.92 Å². The first-order valence-electron chi connectivity index (χ1n) is 2.99. The van der Waals surface area contributed by atoms with E-state index in [1.807, 2.05) is 6.08 Å². The zero-order chi connectivity index (χ0) is 6.74. The lowest BCUT2D eigenvalue weighted by atomic mass is 10.0. The minimum Gasteiger partial charge on any atom is -0.416 e. The van der Waals surface area contributed by atoms with Crippen molar-refractivity contribution in [3.05, 3.63) is 12.3 Å². The molecule has 1 heterocycles. The van der Waals surface area contributed by atoms with Crippen LogP contribution < -0.4 is 5.48 Å². The fourth-order valence-corrected chi connectivity index (χ4v) is 1.04. The number of nitrogens with one attached hydrogen (secondary N) is 1. The van der Waals surface area contributed by atoms with Crippen LogP contribution in [0.1, 0.15) is 13.3 Å². The van der Waals surface area contributed by atoms with Gasteiger partial charge in [0.15, 0.2) is 0 Å². The van der Waals surface area contributed by atoms with Crippen molar-refractivity contribution in [3.63, 3.8) is 0 Å². The summed E-state index contributed by atoms with van der Waals surface area (Å²) in [5, 5.41) is 0. The standard InChI is InChI=1S/C6H10ClNO/c1-2-6(5-7)3-4-9-8-6/h3-4,8H,2,5H2,1H3. The van der Waals surface area contributed by atoms with Crippen molar-refractivity contribution in [1.29, 1.82) is 0 Å². The summed E-state index contributed by atoms with van der Waals surface area (Å²) in [4.78, 5) is 4.83. The monoisotopic (exact) mass is 147 g/mol. The lowest BCUT2D eigenvalue weighted by molar-refractivity contribution is 0.105. The van der Waals surface area contributed by atoms with Crippen molar-refractivity contribution in [2.45, 2.75) is 18.9 Å². The average Bonchev–Trinajstić information content (AvgIpc) is 2.36. The van der Waals surface area contributed by atoms with Crippen molar-refractivity contribution in [1.82, 2.24) is 5.48 Å². The highest BCUT2D eigenvalue weighted by molar-refractivity contribution is 6.18. The first-order valence-corrected chi connectivity index (χ1v) is 3.53. The van der Waals surface area contributed by atoms with Gasteiger partial charge in [-0.05, 0) is 12.5 Å². The summed E-state index contributed by atoms with van der Waals surface area (Å²) < 4.78 is 0. The predicted octanol–water partition coefficient (Wildman–Crippen LogP) is 1.42. The Balaban J connectivity index is 2.57. The number of hydrogen-bond donors (Lipinski definition) is 1. The zero-order valence-electron chi connectivity index (χ0n) is 5.36. The van der Waals surface area contributed by atoms with Crippen LogP contribution in [-0.2, 0) is 4.84 Å². The van der Waals surface area contributed by atoms with E-state index < -0.39 is 0 Å². The van der Waals surface area contributed by atoms with Gasteiger partial charge in [-0.25, -0.2) is 0 Å². The fraction of sp³-hybridized carbons (Fsp3) is 0.667. The Hall–Kier alpha value is -0.210. The molecule has 52 valence electrons. The quantitative estimate of drug-likeness (QED) is 0.597. The van der Waals surface area contributed by atoms with Gasteiger partial charge in [-0.3, -0.25) is 0 Å². The Kier molecular flexibility index (Phi) is 1.98. The van der Waals surface area contributed by atoms with Gasteiger partial charge in [0.25, 0.3) is 0 Å². The van der Waals surface area contributed by atoms with E-state index in [0.717, 1.165) is 6.42 Å². The average molecular weight is 148 g/mol. The van der Waals surface area contributed by atoms with Crippen LogP contribution in [0.3, 0.4) is 0 Å². The van der Waals surface area contributed by atoms with Crippen molar-refractivity contribution in [2.24, 2.45) is 0 Å². The van der Waals surface area contributed by atoms with Crippen LogP contribution in [0.15, 0.2) is 12.3 Å². The molecular formula is C6H10ClNO. The van der Waals surface area contributed by atoms with E-state index in [1.54, 1.807) is 6.26 Å². The van der Waals surface area contributed by atoms with E-state index >= 15 is 0 Å².